The quantitative estimate of drug-likeness (QED) is 0.690. The third-order valence-corrected chi connectivity index (χ3v) is 2.39. The number of aliphatic hydroxyl groups excluding tert-OH is 1. The summed E-state index contributed by atoms with van der Waals surface area (Å²) in [5.74, 6) is 0.0413. The van der Waals surface area contributed by atoms with E-state index in [1.807, 2.05) is 0 Å². The summed E-state index contributed by atoms with van der Waals surface area (Å²) < 4.78 is 1.73. The van der Waals surface area contributed by atoms with E-state index in [0.717, 1.165) is 0 Å². The molecule has 2 rings (SSSR count). The third-order valence-electron chi connectivity index (χ3n) is 2.39. The van der Waals surface area contributed by atoms with Gasteiger partial charge in [0.15, 0.2) is 0 Å². The van der Waals surface area contributed by atoms with Crippen molar-refractivity contribution >= 4 is 5.91 Å². The molecule has 0 bridgehead atoms. The van der Waals surface area contributed by atoms with E-state index in [0.29, 0.717) is 26.1 Å². The van der Waals surface area contributed by atoms with Gasteiger partial charge in [0.1, 0.15) is 6.54 Å². The second-order valence-corrected chi connectivity index (χ2v) is 3.52. The molecule has 0 saturated carbocycles. The van der Waals surface area contributed by atoms with E-state index >= 15 is 0 Å². The molecule has 2 heterocycles. The summed E-state index contributed by atoms with van der Waals surface area (Å²) in [4.78, 5) is 17.2. The van der Waals surface area contributed by atoms with Gasteiger partial charge >= 0.3 is 0 Å². The molecular formula is C9H13N3O2. The number of β-amino-alcohol motifs (C(OH)–C–C–N with tert-alkyl or cyclic N) is 1. The number of aromatic nitrogens is 2. The summed E-state index contributed by atoms with van der Waals surface area (Å²) in [6.07, 6.45) is 5.36. The lowest BCUT2D eigenvalue weighted by atomic mass is 10.3. The summed E-state index contributed by atoms with van der Waals surface area (Å²) in [5.41, 5.74) is 0. The maximum atomic E-state index is 11.6. The van der Waals surface area contributed by atoms with Crippen LogP contribution in [0, 0.1) is 0 Å². The highest BCUT2D eigenvalue weighted by atomic mass is 16.3. The van der Waals surface area contributed by atoms with Crippen molar-refractivity contribution in [1.82, 2.24) is 14.5 Å². The highest BCUT2D eigenvalue weighted by Gasteiger charge is 2.24. The first-order valence-corrected chi connectivity index (χ1v) is 4.67. The van der Waals surface area contributed by atoms with Crippen molar-refractivity contribution in [3.05, 3.63) is 18.7 Å². The van der Waals surface area contributed by atoms with Gasteiger partial charge in [0, 0.05) is 25.5 Å². The molecule has 1 saturated heterocycles. The molecule has 1 aromatic heterocycles. The topological polar surface area (TPSA) is 58.4 Å². The van der Waals surface area contributed by atoms with Crippen LogP contribution in [0.1, 0.15) is 6.42 Å². The number of likely N-dealkylation sites (tertiary alicyclic amines) is 1. The lowest BCUT2D eigenvalue weighted by molar-refractivity contribution is -0.131. The van der Waals surface area contributed by atoms with Gasteiger partial charge in [0.2, 0.25) is 5.91 Å². The van der Waals surface area contributed by atoms with Crippen molar-refractivity contribution in [2.75, 3.05) is 13.1 Å². The number of rotatable bonds is 2. The third kappa shape index (κ3) is 1.93. The van der Waals surface area contributed by atoms with E-state index in [2.05, 4.69) is 4.98 Å². The molecule has 5 heteroatoms. The molecule has 0 radical (unpaired) electrons. The van der Waals surface area contributed by atoms with Gasteiger partial charge in [-0.25, -0.2) is 4.98 Å². The van der Waals surface area contributed by atoms with Gasteiger partial charge in [0.05, 0.1) is 12.4 Å². The van der Waals surface area contributed by atoms with E-state index in [4.69, 9.17) is 0 Å². The highest BCUT2D eigenvalue weighted by molar-refractivity contribution is 5.76. The maximum absolute atomic E-state index is 11.6. The Labute approximate surface area is 82.0 Å². The summed E-state index contributed by atoms with van der Waals surface area (Å²) in [6.45, 7) is 1.44. The standard InChI is InChI=1S/C9H13N3O2/c13-8-1-3-12(5-8)9(14)6-11-4-2-10-7-11/h2,4,7-8,13H,1,3,5-6H2/t8-/m1/s1. The van der Waals surface area contributed by atoms with Crippen molar-refractivity contribution < 1.29 is 9.90 Å². The van der Waals surface area contributed by atoms with E-state index in [-0.39, 0.29) is 12.0 Å². The van der Waals surface area contributed by atoms with Gasteiger partial charge < -0.3 is 14.6 Å². The number of hydrogen-bond acceptors (Lipinski definition) is 3. The van der Waals surface area contributed by atoms with Crippen LogP contribution >= 0.6 is 0 Å². The number of amides is 1. The molecule has 1 atom stereocenters. The normalized spacial score (nSPS) is 21.5. The van der Waals surface area contributed by atoms with Crippen molar-refractivity contribution in [3.63, 3.8) is 0 Å². The fourth-order valence-corrected chi connectivity index (χ4v) is 1.60. The molecule has 1 aliphatic heterocycles. The second kappa shape index (κ2) is 3.79. The van der Waals surface area contributed by atoms with Gasteiger partial charge in [-0.05, 0) is 6.42 Å². The Hall–Kier alpha value is -1.36. The Kier molecular flexibility index (Phi) is 2.49. The minimum atomic E-state index is -0.346. The number of aliphatic hydroxyl groups is 1. The first-order valence-electron chi connectivity index (χ1n) is 4.67. The maximum Gasteiger partial charge on any atom is 0.242 e. The largest absolute Gasteiger partial charge is 0.391 e. The number of imidazole rings is 1. The number of carbonyl (C=O) groups is 1. The summed E-state index contributed by atoms with van der Waals surface area (Å²) in [7, 11) is 0. The van der Waals surface area contributed by atoms with Crippen LogP contribution in [0.3, 0.4) is 0 Å². The summed E-state index contributed by atoms with van der Waals surface area (Å²) >= 11 is 0. The molecule has 1 aliphatic rings. The van der Waals surface area contributed by atoms with Crippen LogP contribution in [0.15, 0.2) is 18.7 Å². The zero-order valence-corrected chi connectivity index (χ0v) is 7.83. The molecule has 0 aliphatic carbocycles. The molecule has 76 valence electrons. The molecule has 0 unspecified atom stereocenters. The molecule has 1 fully saturated rings. The molecule has 14 heavy (non-hydrogen) atoms. The number of carbonyl (C=O) groups excluding carboxylic acids is 1. The van der Waals surface area contributed by atoms with Crippen LogP contribution in [0.4, 0.5) is 0 Å². The van der Waals surface area contributed by atoms with Crippen molar-refractivity contribution in [1.29, 1.82) is 0 Å². The molecule has 0 spiro atoms. The summed E-state index contributed by atoms with van der Waals surface area (Å²) in [6, 6.07) is 0. The van der Waals surface area contributed by atoms with Crippen LogP contribution in [-0.4, -0.2) is 44.7 Å². The van der Waals surface area contributed by atoms with E-state index in [1.165, 1.54) is 0 Å². The molecular weight excluding hydrogens is 182 g/mol. The van der Waals surface area contributed by atoms with E-state index < -0.39 is 0 Å². The van der Waals surface area contributed by atoms with Crippen molar-refractivity contribution in [2.24, 2.45) is 0 Å². The molecule has 1 amide bonds. The first-order chi connectivity index (χ1) is 6.75. The Balaban J connectivity index is 1.90. The Morgan fingerprint density at radius 2 is 2.50 bits per heavy atom. The smallest absolute Gasteiger partial charge is 0.242 e. The molecule has 1 aromatic rings. The van der Waals surface area contributed by atoms with Gasteiger partial charge in [-0.2, -0.15) is 0 Å². The van der Waals surface area contributed by atoms with Crippen LogP contribution in [0.2, 0.25) is 0 Å². The zero-order chi connectivity index (χ0) is 9.97. The van der Waals surface area contributed by atoms with Crippen LogP contribution in [0.5, 0.6) is 0 Å². The van der Waals surface area contributed by atoms with Crippen LogP contribution < -0.4 is 0 Å². The Morgan fingerprint density at radius 3 is 3.07 bits per heavy atom. The van der Waals surface area contributed by atoms with Crippen molar-refractivity contribution in [3.8, 4) is 0 Å². The van der Waals surface area contributed by atoms with E-state index in [1.54, 1.807) is 28.2 Å². The first kappa shape index (κ1) is 9.21. The minimum Gasteiger partial charge on any atom is -0.391 e. The van der Waals surface area contributed by atoms with Crippen LogP contribution in [-0.2, 0) is 11.3 Å². The summed E-state index contributed by atoms with van der Waals surface area (Å²) in [5, 5.41) is 9.26. The predicted molar refractivity (Wildman–Crippen MR) is 49.4 cm³/mol. The van der Waals surface area contributed by atoms with Gasteiger partial charge in [-0.3, -0.25) is 4.79 Å². The van der Waals surface area contributed by atoms with Gasteiger partial charge in [-0.1, -0.05) is 0 Å². The SMILES string of the molecule is O=C(Cn1ccnc1)N1CC[C@@H](O)C1. The fourth-order valence-electron chi connectivity index (χ4n) is 1.60. The minimum absolute atomic E-state index is 0.0413. The fraction of sp³-hybridized carbons (Fsp3) is 0.556. The van der Waals surface area contributed by atoms with Crippen molar-refractivity contribution in [2.45, 2.75) is 19.1 Å². The average Bonchev–Trinajstić information content (AvgIpc) is 2.75. The zero-order valence-electron chi connectivity index (χ0n) is 7.83. The predicted octanol–water partition coefficient (Wildman–Crippen LogP) is -0.524. The Bertz CT molecular complexity index is 310. The van der Waals surface area contributed by atoms with Gasteiger partial charge in [0.25, 0.3) is 0 Å². The van der Waals surface area contributed by atoms with Gasteiger partial charge in [-0.15, -0.1) is 0 Å². The lowest BCUT2D eigenvalue weighted by Crippen LogP contribution is -2.32. The second-order valence-electron chi connectivity index (χ2n) is 3.52. The molecule has 5 nitrogen and oxygen atoms in total. The van der Waals surface area contributed by atoms with E-state index in [9.17, 15) is 9.90 Å². The molecule has 0 aromatic carbocycles. The molecule has 1 N–H and O–H groups in total. The number of nitrogens with zero attached hydrogens (tertiary/aromatic N) is 3. The highest BCUT2D eigenvalue weighted by Crippen LogP contribution is 2.09. The lowest BCUT2D eigenvalue weighted by Gasteiger charge is -2.15. The average molecular weight is 195 g/mol. The monoisotopic (exact) mass is 195 g/mol. The number of hydrogen-bond donors (Lipinski definition) is 1. The Morgan fingerprint density at radius 1 is 1.64 bits per heavy atom. The van der Waals surface area contributed by atoms with Crippen LogP contribution in [0.25, 0.3) is 0 Å².